The second kappa shape index (κ2) is 7.43. The van der Waals surface area contributed by atoms with Gasteiger partial charge in [0.25, 0.3) is 0 Å². The average molecular weight is 214 g/mol. The summed E-state index contributed by atoms with van der Waals surface area (Å²) < 4.78 is 4.78. The van der Waals surface area contributed by atoms with E-state index in [1.165, 1.54) is 0 Å². The molecule has 0 N–H and O–H groups in total. The highest BCUT2D eigenvalue weighted by Gasteiger charge is 2.21. The lowest BCUT2D eigenvalue weighted by molar-refractivity contribution is -0.165. The van der Waals surface area contributed by atoms with Gasteiger partial charge >= 0.3 is 11.9 Å². The minimum Gasteiger partial charge on any atom is -0.393 e. The maximum atomic E-state index is 11.6. The lowest BCUT2D eigenvalue weighted by atomic mass is 10.00. The molecule has 0 aliphatic rings. The summed E-state index contributed by atoms with van der Waals surface area (Å²) in [4.78, 5) is 22.8. The lowest BCUT2D eigenvalue weighted by Gasteiger charge is -2.13. The Balaban J connectivity index is 4.09. The highest BCUT2D eigenvalue weighted by Crippen LogP contribution is 2.15. The minimum atomic E-state index is -0.421. The highest BCUT2D eigenvalue weighted by atomic mass is 16.6. The Bertz CT molecular complexity index is 209. The van der Waals surface area contributed by atoms with Gasteiger partial charge in [0, 0.05) is 0 Å². The smallest absolute Gasteiger partial charge is 0.316 e. The van der Waals surface area contributed by atoms with Crippen molar-refractivity contribution in [3.05, 3.63) is 0 Å². The first-order valence-corrected chi connectivity index (χ1v) is 5.78. The normalized spacial score (nSPS) is 12.6. The first-order valence-electron chi connectivity index (χ1n) is 5.78. The standard InChI is InChI=1S/C12H22O3/c1-5-7-8-10(6-2)12(14)15-11(13)9(3)4/h9-10H,5-8H2,1-4H3. The Morgan fingerprint density at radius 3 is 2.13 bits per heavy atom. The van der Waals surface area contributed by atoms with E-state index in [0.29, 0.717) is 0 Å². The van der Waals surface area contributed by atoms with E-state index in [9.17, 15) is 9.59 Å². The molecule has 0 radical (unpaired) electrons. The van der Waals surface area contributed by atoms with E-state index in [1.54, 1.807) is 13.8 Å². The first-order chi connectivity index (χ1) is 7.02. The monoisotopic (exact) mass is 214 g/mol. The summed E-state index contributed by atoms with van der Waals surface area (Å²) in [6.45, 7) is 7.48. The summed E-state index contributed by atoms with van der Waals surface area (Å²) in [5.74, 6) is -1.13. The topological polar surface area (TPSA) is 43.4 Å². The van der Waals surface area contributed by atoms with Crippen LogP contribution in [0.2, 0.25) is 0 Å². The molecule has 0 spiro atoms. The van der Waals surface area contributed by atoms with E-state index in [2.05, 4.69) is 6.92 Å². The molecule has 0 aromatic carbocycles. The molecule has 1 unspecified atom stereocenters. The molecule has 0 aliphatic carbocycles. The lowest BCUT2D eigenvalue weighted by Crippen LogP contribution is -2.23. The fourth-order valence-corrected chi connectivity index (χ4v) is 1.24. The second-order valence-corrected chi connectivity index (χ2v) is 4.14. The molecule has 0 amide bonds. The van der Waals surface area contributed by atoms with Crippen molar-refractivity contribution in [3.63, 3.8) is 0 Å². The van der Waals surface area contributed by atoms with Crippen LogP contribution in [-0.4, -0.2) is 11.9 Å². The zero-order valence-electron chi connectivity index (χ0n) is 10.2. The Morgan fingerprint density at radius 1 is 1.13 bits per heavy atom. The number of rotatable bonds is 6. The zero-order chi connectivity index (χ0) is 11.8. The summed E-state index contributed by atoms with van der Waals surface area (Å²) in [6.07, 6.45) is 3.62. The van der Waals surface area contributed by atoms with Crippen LogP contribution in [0.4, 0.5) is 0 Å². The van der Waals surface area contributed by atoms with Crippen molar-refractivity contribution in [2.24, 2.45) is 11.8 Å². The van der Waals surface area contributed by atoms with Gasteiger partial charge in [0.2, 0.25) is 0 Å². The van der Waals surface area contributed by atoms with Crippen LogP contribution in [-0.2, 0) is 14.3 Å². The maximum Gasteiger partial charge on any atom is 0.316 e. The molecule has 0 aliphatic heterocycles. The molecule has 0 aromatic heterocycles. The number of esters is 2. The molecule has 1 atom stereocenters. The van der Waals surface area contributed by atoms with Gasteiger partial charge in [0.05, 0.1) is 11.8 Å². The third-order valence-corrected chi connectivity index (χ3v) is 2.40. The molecule has 15 heavy (non-hydrogen) atoms. The van der Waals surface area contributed by atoms with Crippen molar-refractivity contribution in [2.75, 3.05) is 0 Å². The van der Waals surface area contributed by atoms with E-state index in [1.807, 2.05) is 6.92 Å². The number of carbonyl (C=O) groups excluding carboxylic acids is 2. The van der Waals surface area contributed by atoms with Gasteiger partial charge in [-0.15, -0.1) is 0 Å². The van der Waals surface area contributed by atoms with Gasteiger partial charge in [-0.2, -0.15) is 0 Å². The van der Waals surface area contributed by atoms with Gasteiger partial charge in [0.1, 0.15) is 0 Å². The van der Waals surface area contributed by atoms with Crippen molar-refractivity contribution in [1.82, 2.24) is 0 Å². The SMILES string of the molecule is CCCCC(CC)C(=O)OC(=O)C(C)C. The molecule has 0 rings (SSSR count). The van der Waals surface area contributed by atoms with Crippen LogP contribution in [0.3, 0.4) is 0 Å². The molecule has 3 heteroatoms. The van der Waals surface area contributed by atoms with Crippen LogP contribution in [0, 0.1) is 11.8 Å². The molecule has 0 saturated heterocycles. The predicted octanol–water partition coefficient (Wildman–Crippen LogP) is 2.93. The van der Waals surface area contributed by atoms with Crippen molar-refractivity contribution < 1.29 is 14.3 Å². The van der Waals surface area contributed by atoms with E-state index in [-0.39, 0.29) is 17.8 Å². The van der Waals surface area contributed by atoms with Gasteiger partial charge in [-0.05, 0) is 12.8 Å². The van der Waals surface area contributed by atoms with Crippen molar-refractivity contribution >= 4 is 11.9 Å². The molecule has 3 nitrogen and oxygen atoms in total. The Morgan fingerprint density at radius 2 is 1.73 bits per heavy atom. The van der Waals surface area contributed by atoms with Gasteiger partial charge in [0.15, 0.2) is 0 Å². The minimum absolute atomic E-state index is 0.118. The quantitative estimate of drug-likeness (QED) is 0.504. The fourth-order valence-electron chi connectivity index (χ4n) is 1.24. The molecule has 0 heterocycles. The Labute approximate surface area is 92.2 Å². The largest absolute Gasteiger partial charge is 0.393 e. The summed E-state index contributed by atoms with van der Waals surface area (Å²) in [6, 6.07) is 0. The van der Waals surface area contributed by atoms with E-state index >= 15 is 0 Å². The van der Waals surface area contributed by atoms with Crippen molar-refractivity contribution in [3.8, 4) is 0 Å². The number of unbranched alkanes of at least 4 members (excludes halogenated alkanes) is 1. The van der Waals surface area contributed by atoms with E-state index < -0.39 is 5.97 Å². The zero-order valence-corrected chi connectivity index (χ0v) is 10.2. The van der Waals surface area contributed by atoms with Crippen molar-refractivity contribution in [1.29, 1.82) is 0 Å². The summed E-state index contributed by atoms with van der Waals surface area (Å²) in [7, 11) is 0. The summed E-state index contributed by atoms with van der Waals surface area (Å²) in [5.41, 5.74) is 0. The van der Waals surface area contributed by atoms with Crippen LogP contribution in [0.5, 0.6) is 0 Å². The number of hydrogen-bond donors (Lipinski definition) is 0. The van der Waals surface area contributed by atoms with Crippen LogP contribution >= 0.6 is 0 Å². The summed E-state index contributed by atoms with van der Waals surface area (Å²) >= 11 is 0. The maximum absolute atomic E-state index is 11.6. The van der Waals surface area contributed by atoms with Gasteiger partial charge < -0.3 is 4.74 Å². The molecular formula is C12H22O3. The van der Waals surface area contributed by atoms with Crippen LogP contribution in [0.25, 0.3) is 0 Å². The second-order valence-electron chi connectivity index (χ2n) is 4.14. The molecule has 0 aromatic rings. The third kappa shape index (κ3) is 5.55. The number of ether oxygens (including phenoxy) is 1. The number of carbonyl (C=O) groups is 2. The Kier molecular flexibility index (Phi) is 7.01. The van der Waals surface area contributed by atoms with Gasteiger partial charge in [-0.1, -0.05) is 40.5 Å². The van der Waals surface area contributed by atoms with E-state index in [0.717, 1.165) is 25.7 Å². The van der Waals surface area contributed by atoms with Crippen LogP contribution in [0.1, 0.15) is 53.4 Å². The van der Waals surface area contributed by atoms with Gasteiger partial charge in [-0.25, -0.2) is 0 Å². The van der Waals surface area contributed by atoms with Crippen molar-refractivity contribution in [2.45, 2.75) is 53.4 Å². The van der Waals surface area contributed by atoms with Crippen LogP contribution in [0.15, 0.2) is 0 Å². The molecule has 0 fully saturated rings. The first kappa shape index (κ1) is 14.1. The fraction of sp³-hybridized carbons (Fsp3) is 0.833. The molecular weight excluding hydrogens is 192 g/mol. The molecule has 0 saturated carbocycles. The van der Waals surface area contributed by atoms with Gasteiger partial charge in [-0.3, -0.25) is 9.59 Å². The highest BCUT2D eigenvalue weighted by molar-refractivity contribution is 5.87. The predicted molar refractivity (Wildman–Crippen MR) is 59.2 cm³/mol. The Hall–Kier alpha value is -0.860. The average Bonchev–Trinajstić information content (AvgIpc) is 2.18. The summed E-state index contributed by atoms with van der Waals surface area (Å²) in [5, 5.41) is 0. The third-order valence-electron chi connectivity index (χ3n) is 2.40. The van der Waals surface area contributed by atoms with E-state index in [4.69, 9.17) is 4.74 Å². The molecule has 88 valence electrons. The number of hydrogen-bond acceptors (Lipinski definition) is 3. The van der Waals surface area contributed by atoms with Crippen LogP contribution < -0.4 is 0 Å². The molecule has 0 bridgehead atoms.